The van der Waals surface area contributed by atoms with Gasteiger partial charge in [0.15, 0.2) is 0 Å². The van der Waals surface area contributed by atoms with E-state index in [4.69, 9.17) is 9.26 Å². The summed E-state index contributed by atoms with van der Waals surface area (Å²) in [5, 5.41) is 13.0. The predicted octanol–water partition coefficient (Wildman–Crippen LogP) is 3.85. The molecular formula is C21H22N6O2. The molecule has 0 atom stereocenters. The molecule has 1 aromatic carbocycles. The Bertz CT molecular complexity index is 1160. The van der Waals surface area contributed by atoms with Crippen molar-refractivity contribution in [2.45, 2.75) is 25.8 Å². The Kier molecular flexibility index (Phi) is 4.48. The summed E-state index contributed by atoms with van der Waals surface area (Å²) < 4.78 is 13.1. The van der Waals surface area contributed by atoms with Gasteiger partial charge in [0.2, 0.25) is 5.82 Å². The van der Waals surface area contributed by atoms with Crippen molar-refractivity contribution < 1.29 is 9.26 Å². The molecule has 1 aliphatic rings. The maximum absolute atomic E-state index is 5.63. The molecule has 8 nitrogen and oxygen atoms in total. The van der Waals surface area contributed by atoms with Gasteiger partial charge in [-0.15, -0.1) is 0 Å². The van der Waals surface area contributed by atoms with Crippen LogP contribution in [-0.4, -0.2) is 45.2 Å². The SMILES string of the molecule is CNc1cc(-c2noc(-c3cn(C4CCOCC4)nc3C)n2)c2ccccc2n1. The number of aryl methyl sites for hydroxylation is 1. The van der Waals surface area contributed by atoms with Crippen LogP contribution in [0.5, 0.6) is 0 Å². The minimum atomic E-state index is 0.348. The highest BCUT2D eigenvalue weighted by Gasteiger charge is 2.22. The Labute approximate surface area is 167 Å². The van der Waals surface area contributed by atoms with Crippen molar-refractivity contribution in [1.29, 1.82) is 0 Å². The molecule has 29 heavy (non-hydrogen) atoms. The molecule has 3 aromatic heterocycles. The Balaban J connectivity index is 1.54. The summed E-state index contributed by atoms with van der Waals surface area (Å²) in [7, 11) is 1.84. The fraction of sp³-hybridized carbons (Fsp3) is 0.333. The van der Waals surface area contributed by atoms with E-state index in [1.807, 2.05) is 55.2 Å². The smallest absolute Gasteiger partial charge is 0.261 e. The summed E-state index contributed by atoms with van der Waals surface area (Å²) in [5.74, 6) is 1.77. The summed E-state index contributed by atoms with van der Waals surface area (Å²) >= 11 is 0. The van der Waals surface area contributed by atoms with E-state index in [0.29, 0.717) is 17.8 Å². The summed E-state index contributed by atoms with van der Waals surface area (Å²) in [6.45, 7) is 3.51. The number of fused-ring (bicyclic) bond motifs is 1. The molecule has 1 aliphatic heterocycles. The molecule has 1 saturated heterocycles. The molecule has 148 valence electrons. The number of hydrogen-bond donors (Lipinski definition) is 1. The highest BCUT2D eigenvalue weighted by molar-refractivity contribution is 5.94. The number of hydrogen-bond acceptors (Lipinski definition) is 7. The standard InChI is InChI=1S/C21H22N6O2/c1-13-17(12-27(25-13)14-7-9-28-10-8-14)21-24-20(26-29-21)16-11-19(22-2)23-18-6-4-3-5-15(16)18/h3-6,11-12,14H,7-10H2,1-2H3,(H,22,23). The third kappa shape index (κ3) is 3.25. The minimum absolute atomic E-state index is 0.348. The van der Waals surface area contributed by atoms with Crippen LogP contribution in [0, 0.1) is 6.92 Å². The van der Waals surface area contributed by atoms with Gasteiger partial charge in [0.1, 0.15) is 5.82 Å². The molecule has 0 aliphatic carbocycles. The number of nitrogens with zero attached hydrogens (tertiary/aromatic N) is 5. The van der Waals surface area contributed by atoms with Crippen molar-refractivity contribution in [2.75, 3.05) is 25.6 Å². The fourth-order valence-electron chi connectivity index (χ4n) is 3.76. The first-order chi connectivity index (χ1) is 14.2. The third-order valence-electron chi connectivity index (χ3n) is 5.35. The molecule has 0 saturated carbocycles. The Morgan fingerprint density at radius 1 is 1.10 bits per heavy atom. The zero-order valence-electron chi connectivity index (χ0n) is 16.4. The molecule has 0 bridgehead atoms. The first kappa shape index (κ1) is 17.8. The van der Waals surface area contributed by atoms with Crippen LogP contribution in [0.25, 0.3) is 33.7 Å². The second kappa shape index (κ2) is 7.29. The van der Waals surface area contributed by atoms with Gasteiger partial charge in [-0.1, -0.05) is 23.4 Å². The van der Waals surface area contributed by atoms with Gasteiger partial charge in [0.05, 0.1) is 22.8 Å². The molecule has 1 fully saturated rings. The van der Waals surface area contributed by atoms with E-state index >= 15 is 0 Å². The Morgan fingerprint density at radius 2 is 1.93 bits per heavy atom. The maximum Gasteiger partial charge on any atom is 0.261 e. The minimum Gasteiger partial charge on any atom is -0.381 e. The van der Waals surface area contributed by atoms with Crippen molar-refractivity contribution >= 4 is 16.7 Å². The lowest BCUT2D eigenvalue weighted by Crippen LogP contribution is -2.19. The number of para-hydroxylation sites is 1. The van der Waals surface area contributed by atoms with Crippen LogP contribution in [0.2, 0.25) is 0 Å². The van der Waals surface area contributed by atoms with Crippen LogP contribution in [0.4, 0.5) is 5.82 Å². The quantitative estimate of drug-likeness (QED) is 0.566. The fourth-order valence-corrected chi connectivity index (χ4v) is 3.76. The van der Waals surface area contributed by atoms with E-state index in [2.05, 4.69) is 25.5 Å². The number of ether oxygens (including phenoxy) is 1. The molecule has 8 heteroatoms. The summed E-state index contributed by atoms with van der Waals surface area (Å²) in [6, 6.07) is 10.2. The van der Waals surface area contributed by atoms with Crippen LogP contribution in [0.3, 0.4) is 0 Å². The average Bonchev–Trinajstić information content (AvgIpc) is 3.40. The van der Waals surface area contributed by atoms with Gasteiger partial charge in [0, 0.05) is 37.4 Å². The van der Waals surface area contributed by atoms with Crippen LogP contribution >= 0.6 is 0 Å². The maximum atomic E-state index is 5.63. The molecule has 0 amide bonds. The first-order valence-corrected chi connectivity index (χ1v) is 9.78. The molecule has 1 N–H and O–H groups in total. The van der Waals surface area contributed by atoms with Crippen molar-refractivity contribution in [3.63, 3.8) is 0 Å². The normalized spacial score (nSPS) is 15.1. The lowest BCUT2D eigenvalue weighted by atomic mass is 10.1. The first-order valence-electron chi connectivity index (χ1n) is 9.78. The van der Waals surface area contributed by atoms with Crippen LogP contribution < -0.4 is 5.32 Å². The molecule has 0 unspecified atom stereocenters. The Hall–Kier alpha value is -3.26. The van der Waals surface area contributed by atoms with Gasteiger partial charge in [-0.3, -0.25) is 4.68 Å². The van der Waals surface area contributed by atoms with Gasteiger partial charge >= 0.3 is 0 Å². The predicted molar refractivity (Wildman–Crippen MR) is 110 cm³/mol. The van der Waals surface area contributed by atoms with Gasteiger partial charge in [-0.2, -0.15) is 10.1 Å². The second-order valence-electron chi connectivity index (χ2n) is 7.20. The Morgan fingerprint density at radius 3 is 2.76 bits per heavy atom. The van der Waals surface area contributed by atoms with Gasteiger partial charge in [0.25, 0.3) is 5.89 Å². The van der Waals surface area contributed by atoms with Gasteiger partial charge < -0.3 is 14.6 Å². The van der Waals surface area contributed by atoms with E-state index in [1.165, 1.54) is 0 Å². The molecule has 5 rings (SSSR count). The van der Waals surface area contributed by atoms with E-state index in [1.54, 1.807) is 0 Å². The van der Waals surface area contributed by atoms with Crippen LogP contribution in [-0.2, 0) is 4.74 Å². The number of pyridine rings is 1. The third-order valence-corrected chi connectivity index (χ3v) is 5.35. The topological polar surface area (TPSA) is 90.9 Å². The molecular weight excluding hydrogens is 368 g/mol. The number of nitrogens with one attached hydrogen (secondary N) is 1. The van der Waals surface area contributed by atoms with Crippen molar-refractivity contribution in [3.8, 4) is 22.8 Å². The number of benzene rings is 1. The highest BCUT2D eigenvalue weighted by Crippen LogP contribution is 2.31. The largest absolute Gasteiger partial charge is 0.381 e. The lowest BCUT2D eigenvalue weighted by Gasteiger charge is -2.22. The van der Waals surface area contributed by atoms with Crippen molar-refractivity contribution in [2.24, 2.45) is 0 Å². The average molecular weight is 390 g/mol. The molecule has 0 spiro atoms. The molecule has 4 heterocycles. The lowest BCUT2D eigenvalue weighted by molar-refractivity contribution is 0.0662. The molecule has 0 radical (unpaired) electrons. The molecule has 4 aromatic rings. The highest BCUT2D eigenvalue weighted by atomic mass is 16.5. The van der Waals surface area contributed by atoms with Crippen LogP contribution in [0.1, 0.15) is 24.6 Å². The zero-order valence-corrected chi connectivity index (χ0v) is 16.4. The van der Waals surface area contributed by atoms with E-state index < -0.39 is 0 Å². The zero-order chi connectivity index (χ0) is 19.8. The van der Waals surface area contributed by atoms with E-state index in [9.17, 15) is 0 Å². The number of aromatic nitrogens is 5. The van der Waals surface area contributed by atoms with Gasteiger partial charge in [-0.25, -0.2) is 4.98 Å². The van der Waals surface area contributed by atoms with Crippen molar-refractivity contribution in [3.05, 3.63) is 42.2 Å². The van der Waals surface area contributed by atoms with Crippen LogP contribution in [0.15, 0.2) is 41.1 Å². The second-order valence-corrected chi connectivity index (χ2v) is 7.20. The van der Waals surface area contributed by atoms with E-state index in [-0.39, 0.29) is 0 Å². The summed E-state index contributed by atoms with van der Waals surface area (Å²) in [4.78, 5) is 9.28. The van der Waals surface area contributed by atoms with Crippen molar-refractivity contribution in [1.82, 2.24) is 24.9 Å². The number of anilines is 1. The van der Waals surface area contributed by atoms with E-state index in [0.717, 1.165) is 59.6 Å². The number of rotatable bonds is 4. The monoisotopic (exact) mass is 390 g/mol. The summed E-state index contributed by atoms with van der Waals surface area (Å²) in [6.07, 6.45) is 3.93. The summed E-state index contributed by atoms with van der Waals surface area (Å²) in [5.41, 5.74) is 3.50. The van der Waals surface area contributed by atoms with Gasteiger partial charge in [-0.05, 0) is 31.9 Å².